The summed E-state index contributed by atoms with van der Waals surface area (Å²) in [4.78, 5) is 24.2. The van der Waals surface area contributed by atoms with Gasteiger partial charge in [-0.1, -0.05) is 25.0 Å². The van der Waals surface area contributed by atoms with Crippen LogP contribution in [0, 0.1) is 5.92 Å². The van der Waals surface area contributed by atoms with E-state index in [0.717, 1.165) is 19.5 Å². The number of carbonyl (C=O) groups excluding carboxylic acids is 1. The van der Waals surface area contributed by atoms with Gasteiger partial charge in [0.2, 0.25) is 6.41 Å². The molecule has 8 nitrogen and oxygen atoms in total. The lowest BCUT2D eigenvalue weighted by molar-refractivity contribution is -0.105. The highest BCUT2D eigenvalue weighted by Crippen LogP contribution is 2.31. The van der Waals surface area contributed by atoms with Crippen LogP contribution in [0.3, 0.4) is 0 Å². The Morgan fingerprint density at radius 1 is 1.21 bits per heavy atom. The van der Waals surface area contributed by atoms with Crippen molar-refractivity contribution < 1.29 is 9.53 Å². The van der Waals surface area contributed by atoms with E-state index in [-0.39, 0.29) is 11.8 Å². The molecule has 1 aromatic heterocycles. The van der Waals surface area contributed by atoms with Crippen molar-refractivity contribution in [1.29, 1.82) is 0 Å². The fraction of sp³-hybridized carbons (Fsp3) is 0.667. The van der Waals surface area contributed by atoms with E-state index in [1.807, 2.05) is 11.9 Å². The Labute approximate surface area is 173 Å². The fourth-order valence-electron chi connectivity index (χ4n) is 4.03. The molecule has 1 saturated carbocycles. The zero-order valence-electron chi connectivity index (χ0n) is 17.5. The van der Waals surface area contributed by atoms with Crippen LogP contribution in [0.25, 0.3) is 0 Å². The Morgan fingerprint density at radius 2 is 1.97 bits per heavy atom. The first kappa shape index (κ1) is 21.4. The molecule has 0 bridgehead atoms. The predicted molar refractivity (Wildman–Crippen MR) is 116 cm³/mol. The molecule has 1 aromatic rings. The number of nitrogens with one attached hydrogen (secondary N) is 1. The molecular formula is C21H34N6O2. The number of hydrogen-bond acceptors (Lipinski definition) is 7. The number of amides is 1. The molecule has 0 spiro atoms. The number of nitrogen functional groups attached to an aromatic ring is 1. The van der Waals surface area contributed by atoms with Crippen molar-refractivity contribution >= 4 is 23.7 Å². The van der Waals surface area contributed by atoms with Crippen LogP contribution in [0.15, 0.2) is 12.2 Å². The van der Waals surface area contributed by atoms with Crippen molar-refractivity contribution in [1.82, 2.24) is 14.9 Å². The van der Waals surface area contributed by atoms with Crippen molar-refractivity contribution in [2.75, 3.05) is 55.8 Å². The summed E-state index contributed by atoms with van der Waals surface area (Å²) in [6.07, 6.45) is 13.4. The molecule has 3 rings (SSSR count). The van der Waals surface area contributed by atoms with Crippen molar-refractivity contribution in [2.24, 2.45) is 5.92 Å². The molecule has 2 heterocycles. The van der Waals surface area contributed by atoms with E-state index in [0.29, 0.717) is 30.4 Å². The molecule has 0 unspecified atom stereocenters. The molecule has 160 valence electrons. The van der Waals surface area contributed by atoms with Crippen molar-refractivity contribution in [2.45, 2.75) is 44.9 Å². The van der Waals surface area contributed by atoms with E-state index in [2.05, 4.69) is 32.3 Å². The van der Waals surface area contributed by atoms with Gasteiger partial charge in [-0.25, -0.2) is 0 Å². The van der Waals surface area contributed by atoms with Crippen molar-refractivity contribution in [3.8, 4) is 6.01 Å². The molecule has 1 aliphatic heterocycles. The molecule has 1 saturated heterocycles. The molecule has 1 aliphatic carbocycles. The lowest BCUT2D eigenvalue weighted by Gasteiger charge is -2.22. The van der Waals surface area contributed by atoms with Crippen LogP contribution in [-0.4, -0.2) is 61.1 Å². The first-order chi connectivity index (χ1) is 14.2. The number of carbonyl (C=O) groups is 1. The zero-order valence-corrected chi connectivity index (χ0v) is 17.5. The normalized spacial score (nSPS) is 17.8. The van der Waals surface area contributed by atoms with Crippen LogP contribution in [0.4, 0.5) is 17.3 Å². The minimum Gasteiger partial charge on any atom is -0.463 e. The monoisotopic (exact) mass is 402 g/mol. The van der Waals surface area contributed by atoms with Gasteiger partial charge in [0.25, 0.3) is 0 Å². The lowest BCUT2D eigenvalue weighted by Crippen LogP contribution is -2.23. The van der Waals surface area contributed by atoms with Gasteiger partial charge in [-0.15, -0.1) is 0 Å². The summed E-state index contributed by atoms with van der Waals surface area (Å²) in [5.74, 6) is 1.37. The van der Waals surface area contributed by atoms with Gasteiger partial charge in [0, 0.05) is 20.1 Å². The molecule has 29 heavy (non-hydrogen) atoms. The highest BCUT2D eigenvalue weighted by atomic mass is 16.5. The number of anilines is 3. The van der Waals surface area contributed by atoms with Crippen LogP contribution >= 0.6 is 0 Å². The summed E-state index contributed by atoms with van der Waals surface area (Å²) in [5, 5.41) is 2.64. The summed E-state index contributed by atoms with van der Waals surface area (Å²) in [6, 6.07) is 0.275. The predicted octanol–water partition coefficient (Wildman–Crippen LogP) is 2.67. The van der Waals surface area contributed by atoms with Gasteiger partial charge in [0.1, 0.15) is 5.69 Å². The van der Waals surface area contributed by atoms with Gasteiger partial charge in [0.15, 0.2) is 11.6 Å². The summed E-state index contributed by atoms with van der Waals surface area (Å²) >= 11 is 0. The molecule has 0 radical (unpaired) electrons. The van der Waals surface area contributed by atoms with Crippen LogP contribution in [0.5, 0.6) is 6.01 Å². The van der Waals surface area contributed by atoms with E-state index in [4.69, 9.17) is 10.5 Å². The maximum absolute atomic E-state index is 11.0. The zero-order chi connectivity index (χ0) is 20.5. The number of nitrogens with two attached hydrogens (primary N) is 1. The second-order valence-corrected chi connectivity index (χ2v) is 8.00. The molecule has 8 heteroatoms. The number of rotatable bonds is 11. The Morgan fingerprint density at radius 3 is 2.69 bits per heavy atom. The minimum atomic E-state index is 0.222. The molecule has 3 N–H and O–H groups in total. The van der Waals surface area contributed by atoms with E-state index >= 15 is 0 Å². The minimum absolute atomic E-state index is 0.222. The summed E-state index contributed by atoms with van der Waals surface area (Å²) in [5.41, 5.74) is 6.50. The van der Waals surface area contributed by atoms with Crippen molar-refractivity contribution in [3.05, 3.63) is 12.2 Å². The van der Waals surface area contributed by atoms with Gasteiger partial charge in [-0.3, -0.25) is 9.69 Å². The quantitative estimate of drug-likeness (QED) is 0.434. The summed E-state index contributed by atoms with van der Waals surface area (Å²) in [6.45, 7) is 4.79. The summed E-state index contributed by atoms with van der Waals surface area (Å²) in [7, 11) is 1.94. The maximum Gasteiger partial charge on any atom is 0.320 e. The SMILES string of the molecule is CN(CC/C=C/CN1CCCC1)c1nc(OCC2CCCC2)nc(N)c1NC=O. The third kappa shape index (κ3) is 6.32. The number of aromatic nitrogens is 2. The number of likely N-dealkylation sites (tertiary alicyclic amines) is 1. The largest absolute Gasteiger partial charge is 0.463 e. The van der Waals surface area contributed by atoms with E-state index in [9.17, 15) is 4.79 Å². The number of ether oxygens (including phenoxy) is 1. The molecule has 0 aromatic carbocycles. The average Bonchev–Trinajstić information content (AvgIpc) is 3.41. The Bertz CT molecular complexity index is 684. The topological polar surface area (TPSA) is 96.6 Å². The van der Waals surface area contributed by atoms with Gasteiger partial charge < -0.3 is 20.7 Å². The van der Waals surface area contributed by atoms with Gasteiger partial charge in [-0.05, 0) is 51.1 Å². The smallest absolute Gasteiger partial charge is 0.320 e. The maximum atomic E-state index is 11.0. The van der Waals surface area contributed by atoms with Crippen molar-refractivity contribution in [3.63, 3.8) is 0 Å². The second-order valence-electron chi connectivity index (χ2n) is 8.00. The number of nitrogens with zero attached hydrogens (tertiary/aromatic N) is 4. The fourth-order valence-corrected chi connectivity index (χ4v) is 4.03. The molecule has 2 aliphatic rings. The molecule has 2 fully saturated rings. The van der Waals surface area contributed by atoms with E-state index in [1.54, 1.807) is 0 Å². The van der Waals surface area contributed by atoms with E-state index in [1.165, 1.54) is 51.6 Å². The first-order valence-electron chi connectivity index (χ1n) is 10.8. The highest BCUT2D eigenvalue weighted by Gasteiger charge is 2.19. The highest BCUT2D eigenvalue weighted by molar-refractivity contribution is 5.86. The Hall–Kier alpha value is -2.35. The van der Waals surface area contributed by atoms with Gasteiger partial charge >= 0.3 is 6.01 Å². The van der Waals surface area contributed by atoms with Crippen LogP contribution in [-0.2, 0) is 4.79 Å². The number of hydrogen-bond donors (Lipinski definition) is 2. The van der Waals surface area contributed by atoms with Gasteiger partial charge in [0.05, 0.1) is 6.61 Å². The summed E-state index contributed by atoms with van der Waals surface area (Å²) < 4.78 is 5.83. The Balaban J connectivity index is 1.58. The van der Waals surface area contributed by atoms with Crippen LogP contribution in [0.1, 0.15) is 44.9 Å². The van der Waals surface area contributed by atoms with Crippen LogP contribution in [0.2, 0.25) is 0 Å². The van der Waals surface area contributed by atoms with Crippen LogP contribution < -0.4 is 20.7 Å². The second kappa shape index (κ2) is 11.0. The standard InChI is InChI=1S/C21H34N6O2/c1-26(11-5-2-6-12-27-13-7-8-14-27)20-18(23-16-28)19(22)24-21(25-20)29-15-17-9-3-4-10-17/h2,6,16-17H,3-5,7-15H2,1H3,(H,23,28)(H2,22,24,25)/b6-2+. The molecular weight excluding hydrogens is 368 g/mol. The third-order valence-electron chi connectivity index (χ3n) is 5.75. The van der Waals surface area contributed by atoms with E-state index < -0.39 is 0 Å². The molecule has 1 amide bonds. The molecule has 0 atom stereocenters. The Kier molecular flexibility index (Phi) is 8.10. The third-order valence-corrected chi connectivity index (χ3v) is 5.75. The van der Waals surface area contributed by atoms with Gasteiger partial charge in [-0.2, -0.15) is 9.97 Å². The average molecular weight is 403 g/mol. The lowest BCUT2D eigenvalue weighted by atomic mass is 10.1. The first-order valence-corrected chi connectivity index (χ1v) is 10.8.